The molecule has 0 bridgehead atoms. The second-order valence-electron chi connectivity index (χ2n) is 3.99. The van der Waals surface area contributed by atoms with Gasteiger partial charge in [0.2, 0.25) is 0 Å². The molecule has 0 aliphatic rings. The number of nitrogens with two attached hydrogens (primary N) is 1. The van der Waals surface area contributed by atoms with Gasteiger partial charge in [0, 0.05) is 12.0 Å². The minimum Gasteiger partial charge on any atom is -0.398 e. The topological polar surface area (TPSA) is 144 Å². The molecule has 1 amide bonds. The van der Waals surface area contributed by atoms with Gasteiger partial charge in [-0.25, -0.2) is 8.42 Å². The van der Waals surface area contributed by atoms with Crippen LogP contribution in [0.3, 0.4) is 0 Å². The fraction of sp³-hybridized carbons (Fsp3) is 0.182. The van der Waals surface area contributed by atoms with Crippen molar-refractivity contribution in [3.05, 3.63) is 35.7 Å². The summed E-state index contributed by atoms with van der Waals surface area (Å²) in [5.41, 5.74) is 4.78. The molecule has 0 heterocycles. The molecule has 0 aliphatic carbocycles. The van der Waals surface area contributed by atoms with Gasteiger partial charge in [0.1, 0.15) is 4.90 Å². The summed E-state index contributed by atoms with van der Waals surface area (Å²) in [6, 6.07) is 3.69. The molecule has 1 rings (SSSR count). The predicted octanol–water partition coefficient (Wildman–Crippen LogP) is -0.196. The first-order valence-electron chi connectivity index (χ1n) is 5.58. The lowest BCUT2D eigenvalue weighted by atomic mass is 10.2. The molecule has 0 saturated carbocycles. The zero-order valence-corrected chi connectivity index (χ0v) is 12.4. The molecule has 116 valence electrons. The highest BCUT2D eigenvalue weighted by Crippen LogP contribution is 2.22. The quantitative estimate of drug-likeness (QED) is 0.483. The number of sulfone groups is 1. The normalized spacial score (nSPS) is 11.9. The van der Waals surface area contributed by atoms with Crippen molar-refractivity contribution in [3.63, 3.8) is 0 Å². The van der Waals surface area contributed by atoms with Crippen LogP contribution in [0, 0.1) is 0 Å². The Kier molecular flexibility index (Phi) is 5.10. The fourth-order valence-electron chi connectivity index (χ4n) is 1.51. The first-order valence-corrected chi connectivity index (χ1v) is 8.73. The molecular weight excluding hydrogens is 320 g/mol. The van der Waals surface area contributed by atoms with Gasteiger partial charge < -0.3 is 11.1 Å². The highest BCUT2D eigenvalue weighted by atomic mass is 32.2. The molecule has 10 heteroatoms. The summed E-state index contributed by atoms with van der Waals surface area (Å²) in [5, 5.41) is 2.99. The second kappa shape index (κ2) is 6.24. The van der Waals surface area contributed by atoms with Gasteiger partial charge in [-0.2, -0.15) is 8.42 Å². The van der Waals surface area contributed by atoms with Crippen LogP contribution in [0.2, 0.25) is 0 Å². The number of nitrogens with one attached hydrogen (secondary N) is 1. The zero-order chi connectivity index (χ0) is 16.3. The van der Waals surface area contributed by atoms with Crippen LogP contribution in [0.15, 0.2) is 35.1 Å². The van der Waals surface area contributed by atoms with Crippen molar-refractivity contribution in [2.24, 2.45) is 0 Å². The molecule has 8 nitrogen and oxygen atoms in total. The lowest BCUT2D eigenvalue weighted by Gasteiger charge is -2.10. The van der Waals surface area contributed by atoms with Crippen molar-refractivity contribution in [1.29, 1.82) is 0 Å². The van der Waals surface area contributed by atoms with E-state index in [2.05, 4.69) is 11.9 Å². The lowest BCUT2D eigenvalue weighted by Crippen LogP contribution is -2.30. The van der Waals surface area contributed by atoms with Gasteiger partial charge in [-0.3, -0.25) is 9.35 Å². The Hall–Kier alpha value is -1.91. The second-order valence-corrected chi connectivity index (χ2v) is 7.41. The zero-order valence-electron chi connectivity index (χ0n) is 10.8. The number of benzene rings is 1. The van der Waals surface area contributed by atoms with Crippen molar-refractivity contribution >= 4 is 31.5 Å². The van der Waals surface area contributed by atoms with Crippen LogP contribution in [0.5, 0.6) is 0 Å². The van der Waals surface area contributed by atoms with Crippen molar-refractivity contribution in [1.82, 2.24) is 5.32 Å². The van der Waals surface area contributed by atoms with Gasteiger partial charge in [0.05, 0.1) is 17.0 Å². The van der Waals surface area contributed by atoms with Crippen LogP contribution in [-0.4, -0.2) is 39.6 Å². The summed E-state index contributed by atoms with van der Waals surface area (Å²) in [6.07, 6.45) is 0. The number of rotatable bonds is 6. The van der Waals surface area contributed by atoms with Crippen LogP contribution < -0.4 is 11.1 Å². The number of nitrogen functional groups attached to an aromatic ring is 1. The molecule has 0 saturated heterocycles. The van der Waals surface area contributed by atoms with E-state index in [4.69, 9.17) is 10.3 Å². The maximum absolute atomic E-state index is 11.9. The number of hydrogen-bond donors (Lipinski definition) is 3. The molecule has 1 aromatic rings. The van der Waals surface area contributed by atoms with Crippen molar-refractivity contribution in [2.75, 3.05) is 18.0 Å². The lowest BCUT2D eigenvalue weighted by molar-refractivity contribution is 0.0952. The van der Waals surface area contributed by atoms with E-state index >= 15 is 0 Å². The third-order valence-corrected chi connectivity index (χ3v) is 4.73. The predicted molar refractivity (Wildman–Crippen MR) is 77.0 cm³/mol. The number of amides is 1. The molecule has 0 spiro atoms. The summed E-state index contributed by atoms with van der Waals surface area (Å²) in [5.74, 6) is -1.25. The third kappa shape index (κ3) is 4.55. The van der Waals surface area contributed by atoms with E-state index in [0.717, 1.165) is 11.5 Å². The number of hydrogen-bond acceptors (Lipinski definition) is 6. The Balaban J connectivity index is 3.00. The van der Waals surface area contributed by atoms with Gasteiger partial charge >= 0.3 is 0 Å². The summed E-state index contributed by atoms with van der Waals surface area (Å²) in [6.45, 7) is 2.87. The van der Waals surface area contributed by atoms with Gasteiger partial charge in [-0.15, -0.1) is 0 Å². The highest BCUT2D eigenvalue weighted by Gasteiger charge is 2.23. The summed E-state index contributed by atoms with van der Waals surface area (Å²) in [7, 11) is -8.17. The third-order valence-electron chi connectivity index (χ3n) is 2.47. The maximum Gasteiger partial charge on any atom is 0.297 e. The Labute approximate surface area is 122 Å². The molecule has 0 aliphatic heterocycles. The fourth-order valence-corrected chi connectivity index (χ4v) is 2.86. The number of carbonyl (C=O) groups excluding carboxylic acids is 1. The van der Waals surface area contributed by atoms with E-state index < -0.39 is 30.8 Å². The van der Waals surface area contributed by atoms with E-state index in [1.54, 1.807) is 0 Å². The van der Waals surface area contributed by atoms with Crippen LogP contribution >= 0.6 is 0 Å². The Morgan fingerprint density at radius 2 is 1.95 bits per heavy atom. The van der Waals surface area contributed by atoms with Crippen LogP contribution in [0.4, 0.5) is 5.69 Å². The number of carbonyl (C=O) groups is 1. The van der Waals surface area contributed by atoms with Crippen LogP contribution in [0.1, 0.15) is 10.4 Å². The van der Waals surface area contributed by atoms with Crippen molar-refractivity contribution in [3.8, 4) is 0 Å². The molecule has 0 atom stereocenters. The molecule has 1 aromatic carbocycles. The van der Waals surface area contributed by atoms with E-state index in [1.165, 1.54) is 12.1 Å². The molecular formula is C11H14N2O6S2. The van der Waals surface area contributed by atoms with Crippen LogP contribution in [-0.2, 0) is 20.0 Å². The molecule has 0 fully saturated rings. The van der Waals surface area contributed by atoms with Crippen molar-refractivity contribution in [2.45, 2.75) is 4.90 Å². The smallest absolute Gasteiger partial charge is 0.297 e. The average molecular weight is 334 g/mol. The monoisotopic (exact) mass is 334 g/mol. The molecule has 0 radical (unpaired) electrons. The summed E-state index contributed by atoms with van der Waals surface area (Å²) >= 11 is 0. The first-order chi connectivity index (χ1) is 9.58. The maximum atomic E-state index is 11.9. The minimum atomic E-state index is -4.69. The van der Waals surface area contributed by atoms with E-state index in [-0.39, 0.29) is 23.5 Å². The largest absolute Gasteiger partial charge is 0.398 e. The standard InChI is InChI=1S/C11H14N2O6S2/c1-2-20(15,16)7-6-13-11(14)8-4-3-5-9(12)10(8)21(17,18)19/h2-5H,1,6-7,12H2,(H,13,14)(H,17,18,19). The van der Waals surface area contributed by atoms with E-state index in [9.17, 15) is 21.6 Å². The average Bonchev–Trinajstić information content (AvgIpc) is 2.36. The molecule has 21 heavy (non-hydrogen) atoms. The molecule has 0 unspecified atom stereocenters. The van der Waals surface area contributed by atoms with Crippen molar-refractivity contribution < 1.29 is 26.2 Å². The molecule has 4 N–H and O–H groups in total. The summed E-state index contributed by atoms with van der Waals surface area (Å²) in [4.78, 5) is 11.2. The Morgan fingerprint density at radius 1 is 1.33 bits per heavy atom. The Bertz CT molecular complexity index is 768. The Morgan fingerprint density at radius 3 is 2.48 bits per heavy atom. The van der Waals surface area contributed by atoms with Gasteiger partial charge in [0.15, 0.2) is 9.84 Å². The van der Waals surface area contributed by atoms with Crippen LogP contribution in [0.25, 0.3) is 0 Å². The first kappa shape index (κ1) is 17.1. The number of anilines is 1. The highest BCUT2D eigenvalue weighted by molar-refractivity contribution is 7.94. The van der Waals surface area contributed by atoms with Gasteiger partial charge in [-0.05, 0) is 12.1 Å². The molecule has 0 aromatic heterocycles. The summed E-state index contributed by atoms with van der Waals surface area (Å²) < 4.78 is 53.9. The van der Waals surface area contributed by atoms with Gasteiger partial charge in [-0.1, -0.05) is 12.6 Å². The van der Waals surface area contributed by atoms with Gasteiger partial charge in [0.25, 0.3) is 16.0 Å². The van der Waals surface area contributed by atoms with E-state index in [1.807, 2.05) is 0 Å². The minimum absolute atomic E-state index is 0.243. The van der Waals surface area contributed by atoms with E-state index in [0.29, 0.717) is 0 Å². The SMILES string of the molecule is C=CS(=O)(=O)CCNC(=O)c1cccc(N)c1S(=O)(=O)O.